The summed E-state index contributed by atoms with van der Waals surface area (Å²) in [6, 6.07) is 5.54. The molecule has 1 aliphatic rings. The second-order valence-corrected chi connectivity index (χ2v) is 5.58. The van der Waals surface area contributed by atoms with E-state index in [9.17, 15) is 0 Å². The number of benzene rings is 1. The number of aliphatic imine (C=N–C) groups is 1. The van der Waals surface area contributed by atoms with Gasteiger partial charge in [-0.15, -0.1) is 0 Å². The highest BCUT2D eigenvalue weighted by atomic mass is 35.5. The predicted molar refractivity (Wildman–Crippen MR) is 74.0 cm³/mol. The van der Waals surface area contributed by atoms with Crippen LogP contribution in [0, 0.1) is 5.92 Å². The third-order valence-electron chi connectivity index (χ3n) is 2.24. The van der Waals surface area contributed by atoms with Crippen molar-refractivity contribution in [3.05, 3.63) is 28.2 Å². The molecule has 1 atom stereocenters. The molecular formula is C11H12Cl2N2S. The zero-order chi connectivity index (χ0) is 11.5. The average molecular weight is 275 g/mol. The topological polar surface area (TPSA) is 24.4 Å². The van der Waals surface area contributed by atoms with Gasteiger partial charge < -0.3 is 5.32 Å². The van der Waals surface area contributed by atoms with E-state index < -0.39 is 0 Å². The Kier molecular flexibility index (Phi) is 4.00. The van der Waals surface area contributed by atoms with Crippen LogP contribution in [0.5, 0.6) is 0 Å². The zero-order valence-corrected chi connectivity index (χ0v) is 11.2. The molecule has 86 valence electrons. The van der Waals surface area contributed by atoms with Gasteiger partial charge in [-0.05, 0) is 18.1 Å². The highest BCUT2D eigenvalue weighted by molar-refractivity contribution is 8.14. The maximum Gasteiger partial charge on any atom is 0.161 e. The van der Waals surface area contributed by atoms with E-state index in [2.05, 4.69) is 17.2 Å². The van der Waals surface area contributed by atoms with Crippen molar-refractivity contribution in [2.45, 2.75) is 6.92 Å². The average Bonchev–Trinajstić information content (AvgIpc) is 2.28. The molecular weight excluding hydrogens is 263 g/mol. The van der Waals surface area contributed by atoms with Gasteiger partial charge in [0.2, 0.25) is 0 Å². The third-order valence-corrected chi connectivity index (χ3v) is 4.30. The standard InChI is InChI=1S/C11H12Cl2N2S/c1-7-5-14-11(16-6-7)15-9-4-2-3-8(12)10(9)13/h2-4,7H,5-6H2,1H3,(H,14,15). The minimum absolute atomic E-state index is 0.547. The monoisotopic (exact) mass is 274 g/mol. The summed E-state index contributed by atoms with van der Waals surface area (Å²) in [5, 5.41) is 5.23. The molecule has 0 saturated carbocycles. The summed E-state index contributed by atoms with van der Waals surface area (Å²) in [5.74, 6) is 1.73. The van der Waals surface area contributed by atoms with Gasteiger partial charge in [0.1, 0.15) is 0 Å². The molecule has 0 radical (unpaired) electrons. The van der Waals surface area contributed by atoms with Gasteiger partial charge in [-0.1, -0.05) is 48.0 Å². The minimum atomic E-state index is 0.547. The number of halogens is 2. The van der Waals surface area contributed by atoms with Crippen LogP contribution in [0.4, 0.5) is 5.69 Å². The fourth-order valence-corrected chi connectivity index (χ4v) is 2.59. The van der Waals surface area contributed by atoms with Crippen LogP contribution in [-0.2, 0) is 0 Å². The largest absolute Gasteiger partial charge is 0.334 e. The minimum Gasteiger partial charge on any atom is -0.334 e. The summed E-state index contributed by atoms with van der Waals surface area (Å²) in [6.07, 6.45) is 0. The molecule has 0 aliphatic carbocycles. The van der Waals surface area contributed by atoms with Gasteiger partial charge in [-0.25, -0.2) is 0 Å². The van der Waals surface area contributed by atoms with Crippen molar-refractivity contribution in [2.75, 3.05) is 17.6 Å². The number of thioether (sulfide) groups is 1. The summed E-state index contributed by atoms with van der Waals surface area (Å²) >= 11 is 13.7. The zero-order valence-electron chi connectivity index (χ0n) is 8.84. The van der Waals surface area contributed by atoms with Gasteiger partial charge in [0, 0.05) is 12.3 Å². The molecule has 5 heteroatoms. The molecule has 1 unspecified atom stereocenters. The van der Waals surface area contributed by atoms with Gasteiger partial charge in [-0.3, -0.25) is 4.99 Å². The van der Waals surface area contributed by atoms with E-state index in [1.165, 1.54) is 0 Å². The predicted octanol–water partition coefficient (Wildman–Crippen LogP) is 4.14. The highest BCUT2D eigenvalue weighted by Crippen LogP contribution is 2.30. The van der Waals surface area contributed by atoms with Crippen molar-refractivity contribution in [2.24, 2.45) is 10.9 Å². The van der Waals surface area contributed by atoms with E-state index in [4.69, 9.17) is 23.2 Å². The van der Waals surface area contributed by atoms with Crippen LogP contribution in [0.15, 0.2) is 23.2 Å². The molecule has 1 heterocycles. The lowest BCUT2D eigenvalue weighted by Crippen LogP contribution is -2.18. The first-order chi connectivity index (χ1) is 7.66. The molecule has 16 heavy (non-hydrogen) atoms. The van der Waals surface area contributed by atoms with Gasteiger partial charge in [0.05, 0.1) is 15.7 Å². The van der Waals surface area contributed by atoms with Crippen LogP contribution in [0.2, 0.25) is 10.0 Å². The first-order valence-corrected chi connectivity index (χ1v) is 6.79. The SMILES string of the molecule is CC1CN=C(Nc2cccc(Cl)c2Cl)SC1. The first-order valence-electron chi connectivity index (χ1n) is 5.05. The van der Waals surface area contributed by atoms with Crippen molar-refractivity contribution in [1.29, 1.82) is 0 Å². The van der Waals surface area contributed by atoms with Gasteiger partial charge in [0.15, 0.2) is 5.17 Å². The lowest BCUT2D eigenvalue weighted by atomic mass is 10.2. The number of hydrogen-bond donors (Lipinski definition) is 1. The lowest BCUT2D eigenvalue weighted by molar-refractivity contribution is 0.674. The molecule has 1 aliphatic heterocycles. The molecule has 1 aromatic rings. The number of hydrogen-bond acceptors (Lipinski definition) is 3. The fourth-order valence-electron chi connectivity index (χ4n) is 1.35. The second kappa shape index (κ2) is 5.30. The Morgan fingerprint density at radius 3 is 2.94 bits per heavy atom. The van der Waals surface area contributed by atoms with E-state index >= 15 is 0 Å². The van der Waals surface area contributed by atoms with Crippen molar-refractivity contribution in [3.8, 4) is 0 Å². The number of rotatable bonds is 1. The van der Waals surface area contributed by atoms with Crippen LogP contribution in [0.25, 0.3) is 0 Å². The summed E-state index contributed by atoms with van der Waals surface area (Å²) < 4.78 is 0. The van der Waals surface area contributed by atoms with Gasteiger partial charge in [0.25, 0.3) is 0 Å². The number of anilines is 1. The second-order valence-electron chi connectivity index (χ2n) is 3.79. The smallest absolute Gasteiger partial charge is 0.161 e. The molecule has 0 bridgehead atoms. The van der Waals surface area contributed by atoms with Gasteiger partial charge >= 0.3 is 0 Å². The van der Waals surface area contributed by atoms with E-state index in [-0.39, 0.29) is 0 Å². The fraction of sp³-hybridized carbons (Fsp3) is 0.364. The van der Waals surface area contributed by atoms with E-state index in [0.717, 1.165) is 23.2 Å². The summed E-state index contributed by atoms with van der Waals surface area (Å²) in [6.45, 7) is 3.06. The first kappa shape index (κ1) is 12.1. The molecule has 0 spiro atoms. The number of nitrogens with zero attached hydrogens (tertiary/aromatic N) is 1. The quantitative estimate of drug-likeness (QED) is 0.832. The maximum absolute atomic E-state index is 6.08. The Bertz CT molecular complexity index is 420. The molecule has 0 saturated heterocycles. The lowest BCUT2D eigenvalue weighted by Gasteiger charge is -2.18. The summed E-state index contributed by atoms with van der Waals surface area (Å²) in [7, 11) is 0. The third kappa shape index (κ3) is 2.84. The molecule has 2 rings (SSSR count). The Labute approximate surface area is 109 Å². The van der Waals surface area contributed by atoms with Crippen LogP contribution in [0.1, 0.15) is 6.92 Å². The van der Waals surface area contributed by atoms with Crippen LogP contribution in [0.3, 0.4) is 0 Å². The Morgan fingerprint density at radius 1 is 1.44 bits per heavy atom. The Hall–Kier alpha value is -0.380. The maximum atomic E-state index is 6.08. The highest BCUT2D eigenvalue weighted by Gasteiger charge is 2.13. The number of amidine groups is 1. The van der Waals surface area contributed by atoms with Crippen LogP contribution in [-0.4, -0.2) is 17.5 Å². The Balaban J connectivity index is 2.12. The van der Waals surface area contributed by atoms with Crippen molar-refractivity contribution in [3.63, 3.8) is 0 Å². The molecule has 1 aromatic carbocycles. The molecule has 2 nitrogen and oxygen atoms in total. The van der Waals surface area contributed by atoms with E-state index in [0.29, 0.717) is 16.0 Å². The van der Waals surface area contributed by atoms with Crippen LogP contribution >= 0.6 is 35.0 Å². The summed E-state index contributed by atoms with van der Waals surface area (Å²) in [5.41, 5.74) is 0.815. The molecule has 0 aromatic heterocycles. The summed E-state index contributed by atoms with van der Waals surface area (Å²) in [4.78, 5) is 4.44. The number of nitrogens with one attached hydrogen (secondary N) is 1. The van der Waals surface area contributed by atoms with E-state index in [1.54, 1.807) is 17.8 Å². The van der Waals surface area contributed by atoms with Crippen molar-refractivity contribution < 1.29 is 0 Å². The Morgan fingerprint density at radius 2 is 2.25 bits per heavy atom. The molecule has 0 fully saturated rings. The molecule has 0 amide bonds. The van der Waals surface area contributed by atoms with Crippen LogP contribution < -0.4 is 5.32 Å². The van der Waals surface area contributed by atoms with Crippen molar-refractivity contribution >= 4 is 45.8 Å². The normalized spacial score (nSPS) is 20.4. The van der Waals surface area contributed by atoms with Crippen molar-refractivity contribution in [1.82, 2.24) is 0 Å². The van der Waals surface area contributed by atoms with Gasteiger partial charge in [-0.2, -0.15) is 0 Å². The van der Waals surface area contributed by atoms with E-state index in [1.807, 2.05) is 12.1 Å². The molecule has 1 N–H and O–H groups in total.